The van der Waals surface area contributed by atoms with Crippen LogP contribution in [-0.2, 0) is 13.6 Å². The molecule has 3 nitrogen and oxygen atoms in total. The third-order valence-electron chi connectivity index (χ3n) is 2.10. The molecule has 0 saturated heterocycles. The number of nitrogens with zero attached hydrogens (tertiary/aromatic N) is 2. The van der Waals surface area contributed by atoms with Gasteiger partial charge in [-0.25, -0.2) is 0 Å². The SMILES string of the molecule is Cn1cc(CNc2ccc(Cl)cc2)cn1. The molecule has 0 radical (unpaired) electrons. The van der Waals surface area contributed by atoms with Crippen molar-refractivity contribution in [2.24, 2.45) is 7.05 Å². The molecule has 2 rings (SSSR count). The maximum Gasteiger partial charge on any atom is 0.0539 e. The maximum atomic E-state index is 5.79. The van der Waals surface area contributed by atoms with Crippen molar-refractivity contribution < 1.29 is 0 Å². The Balaban J connectivity index is 1.96. The van der Waals surface area contributed by atoms with Crippen LogP contribution >= 0.6 is 11.6 Å². The summed E-state index contributed by atoms with van der Waals surface area (Å²) in [4.78, 5) is 0. The van der Waals surface area contributed by atoms with Crippen LogP contribution in [-0.4, -0.2) is 9.78 Å². The predicted molar refractivity (Wildman–Crippen MR) is 62.0 cm³/mol. The van der Waals surface area contributed by atoms with Gasteiger partial charge >= 0.3 is 0 Å². The van der Waals surface area contributed by atoms with E-state index in [0.29, 0.717) is 0 Å². The van der Waals surface area contributed by atoms with Crippen LogP contribution < -0.4 is 5.32 Å². The molecule has 1 aromatic carbocycles. The van der Waals surface area contributed by atoms with Gasteiger partial charge in [-0.15, -0.1) is 0 Å². The number of rotatable bonds is 3. The molecule has 0 spiro atoms. The quantitative estimate of drug-likeness (QED) is 0.864. The molecular formula is C11H12ClN3. The van der Waals surface area contributed by atoms with E-state index in [9.17, 15) is 0 Å². The van der Waals surface area contributed by atoms with E-state index in [1.165, 1.54) is 0 Å². The minimum Gasteiger partial charge on any atom is -0.381 e. The van der Waals surface area contributed by atoms with Crippen LogP contribution in [0, 0.1) is 0 Å². The molecular weight excluding hydrogens is 210 g/mol. The van der Waals surface area contributed by atoms with Gasteiger partial charge in [0.15, 0.2) is 0 Å². The standard InChI is InChI=1S/C11H12ClN3/c1-15-8-9(7-14-15)6-13-11-4-2-10(12)3-5-11/h2-5,7-8,13H,6H2,1H3. The number of benzene rings is 1. The first-order valence-corrected chi connectivity index (χ1v) is 5.09. The van der Waals surface area contributed by atoms with E-state index in [0.717, 1.165) is 22.8 Å². The van der Waals surface area contributed by atoms with Crippen molar-refractivity contribution in [2.45, 2.75) is 6.54 Å². The molecule has 0 fully saturated rings. The van der Waals surface area contributed by atoms with Crippen molar-refractivity contribution in [1.29, 1.82) is 0 Å². The number of nitrogens with one attached hydrogen (secondary N) is 1. The van der Waals surface area contributed by atoms with Crippen molar-refractivity contribution in [1.82, 2.24) is 9.78 Å². The summed E-state index contributed by atoms with van der Waals surface area (Å²) in [6.07, 6.45) is 3.84. The van der Waals surface area contributed by atoms with Gasteiger partial charge in [0.1, 0.15) is 0 Å². The highest BCUT2D eigenvalue weighted by molar-refractivity contribution is 6.30. The summed E-state index contributed by atoms with van der Waals surface area (Å²) in [5, 5.41) is 8.14. The molecule has 0 aliphatic carbocycles. The van der Waals surface area contributed by atoms with E-state index in [-0.39, 0.29) is 0 Å². The molecule has 4 heteroatoms. The first-order chi connectivity index (χ1) is 7.24. The fourth-order valence-corrected chi connectivity index (χ4v) is 1.46. The largest absolute Gasteiger partial charge is 0.381 e. The molecule has 0 aliphatic rings. The molecule has 0 atom stereocenters. The van der Waals surface area contributed by atoms with Gasteiger partial charge in [0, 0.05) is 36.1 Å². The fraction of sp³-hybridized carbons (Fsp3) is 0.182. The van der Waals surface area contributed by atoms with Crippen LogP contribution in [0.3, 0.4) is 0 Å². The Kier molecular flexibility index (Phi) is 2.92. The Bertz CT molecular complexity index is 433. The Morgan fingerprint density at radius 2 is 2.07 bits per heavy atom. The summed E-state index contributed by atoms with van der Waals surface area (Å²) >= 11 is 5.79. The van der Waals surface area contributed by atoms with Gasteiger partial charge in [-0.05, 0) is 24.3 Å². The van der Waals surface area contributed by atoms with Crippen molar-refractivity contribution >= 4 is 17.3 Å². The zero-order valence-corrected chi connectivity index (χ0v) is 9.20. The monoisotopic (exact) mass is 221 g/mol. The molecule has 0 saturated carbocycles. The number of anilines is 1. The van der Waals surface area contributed by atoms with Gasteiger partial charge in [0.05, 0.1) is 6.20 Å². The molecule has 15 heavy (non-hydrogen) atoms. The minimum absolute atomic E-state index is 0.752. The highest BCUT2D eigenvalue weighted by Crippen LogP contribution is 2.14. The van der Waals surface area contributed by atoms with E-state index in [1.54, 1.807) is 4.68 Å². The highest BCUT2D eigenvalue weighted by Gasteiger charge is 1.96. The fourth-order valence-electron chi connectivity index (χ4n) is 1.34. The molecule has 2 aromatic rings. The van der Waals surface area contributed by atoms with Crippen LogP contribution in [0.1, 0.15) is 5.56 Å². The summed E-state index contributed by atoms with van der Waals surface area (Å²) in [6, 6.07) is 7.65. The second kappa shape index (κ2) is 4.36. The molecule has 1 aromatic heterocycles. The van der Waals surface area contributed by atoms with Crippen molar-refractivity contribution in [2.75, 3.05) is 5.32 Å². The summed E-state index contributed by atoms with van der Waals surface area (Å²) in [5.74, 6) is 0. The normalized spacial score (nSPS) is 10.3. The Labute approximate surface area is 93.7 Å². The van der Waals surface area contributed by atoms with Gasteiger partial charge in [-0.2, -0.15) is 5.10 Å². The van der Waals surface area contributed by atoms with Crippen molar-refractivity contribution in [3.8, 4) is 0 Å². The first-order valence-electron chi connectivity index (χ1n) is 4.71. The van der Waals surface area contributed by atoms with Gasteiger partial charge < -0.3 is 5.32 Å². The Morgan fingerprint density at radius 1 is 1.33 bits per heavy atom. The second-order valence-corrected chi connectivity index (χ2v) is 3.82. The molecule has 78 valence electrons. The average Bonchev–Trinajstić information content (AvgIpc) is 2.64. The average molecular weight is 222 g/mol. The zero-order valence-electron chi connectivity index (χ0n) is 8.44. The summed E-state index contributed by atoms with van der Waals surface area (Å²) < 4.78 is 1.79. The number of halogens is 1. The molecule has 0 aliphatic heterocycles. The number of hydrogen-bond acceptors (Lipinski definition) is 2. The van der Waals surface area contributed by atoms with Gasteiger partial charge in [0.25, 0.3) is 0 Å². The van der Waals surface area contributed by atoms with Crippen LogP contribution in [0.15, 0.2) is 36.7 Å². The maximum absolute atomic E-state index is 5.79. The van der Waals surface area contributed by atoms with Crippen LogP contribution in [0.5, 0.6) is 0 Å². The number of aromatic nitrogens is 2. The Hall–Kier alpha value is -1.48. The number of hydrogen-bond donors (Lipinski definition) is 1. The third-order valence-corrected chi connectivity index (χ3v) is 2.35. The predicted octanol–water partition coefficient (Wildman–Crippen LogP) is 2.69. The highest BCUT2D eigenvalue weighted by atomic mass is 35.5. The van der Waals surface area contributed by atoms with E-state index in [1.807, 2.05) is 43.7 Å². The van der Waals surface area contributed by atoms with Gasteiger partial charge in [-0.3, -0.25) is 4.68 Å². The third kappa shape index (κ3) is 2.73. The summed E-state index contributed by atoms with van der Waals surface area (Å²) in [7, 11) is 1.91. The van der Waals surface area contributed by atoms with Gasteiger partial charge in [-0.1, -0.05) is 11.6 Å². The number of aryl methyl sites for hydroxylation is 1. The lowest BCUT2D eigenvalue weighted by Crippen LogP contribution is -1.97. The summed E-state index contributed by atoms with van der Waals surface area (Å²) in [5.41, 5.74) is 2.22. The van der Waals surface area contributed by atoms with E-state index in [2.05, 4.69) is 10.4 Å². The lowest BCUT2D eigenvalue weighted by molar-refractivity contribution is 0.767. The van der Waals surface area contributed by atoms with E-state index >= 15 is 0 Å². The van der Waals surface area contributed by atoms with Crippen molar-refractivity contribution in [3.63, 3.8) is 0 Å². The van der Waals surface area contributed by atoms with E-state index in [4.69, 9.17) is 11.6 Å². The van der Waals surface area contributed by atoms with E-state index < -0.39 is 0 Å². The Morgan fingerprint density at radius 3 is 2.67 bits per heavy atom. The molecule has 0 bridgehead atoms. The topological polar surface area (TPSA) is 29.9 Å². The summed E-state index contributed by atoms with van der Waals surface area (Å²) in [6.45, 7) is 0.773. The lowest BCUT2D eigenvalue weighted by Gasteiger charge is -2.03. The lowest BCUT2D eigenvalue weighted by atomic mass is 10.3. The van der Waals surface area contributed by atoms with Crippen LogP contribution in [0.25, 0.3) is 0 Å². The first kappa shape index (κ1) is 10.1. The van der Waals surface area contributed by atoms with Gasteiger partial charge in [0.2, 0.25) is 0 Å². The minimum atomic E-state index is 0.752. The van der Waals surface area contributed by atoms with Crippen LogP contribution in [0.2, 0.25) is 5.02 Å². The zero-order chi connectivity index (χ0) is 10.7. The second-order valence-electron chi connectivity index (χ2n) is 3.38. The molecule has 1 N–H and O–H groups in total. The van der Waals surface area contributed by atoms with Crippen molar-refractivity contribution in [3.05, 3.63) is 47.2 Å². The van der Waals surface area contributed by atoms with Crippen LogP contribution in [0.4, 0.5) is 5.69 Å². The molecule has 1 heterocycles. The molecule has 0 amide bonds. The smallest absolute Gasteiger partial charge is 0.0539 e. The molecule has 0 unspecified atom stereocenters.